The molecule has 0 spiro atoms. The molecule has 1 saturated carbocycles. The molecule has 0 radical (unpaired) electrons. The predicted molar refractivity (Wildman–Crippen MR) is 104 cm³/mol. The standard InChI is InChI=1S/C21H24F2N4O3/c1-3-13-8-15(10-25-21(13)30-11-18(22)23)12(2)26-20(29)16-6-7-24-19(27-16)9-17(28)14-4-5-14/h6-8,10,12,14,18H,3-5,9,11H2,1-2H3,(H,26,29). The van der Waals surface area contributed by atoms with E-state index in [1.54, 1.807) is 13.0 Å². The molecule has 1 atom stereocenters. The molecular weight excluding hydrogens is 394 g/mol. The summed E-state index contributed by atoms with van der Waals surface area (Å²) in [6.45, 7) is 2.93. The number of hydrogen-bond acceptors (Lipinski definition) is 6. The fourth-order valence-electron chi connectivity index (χ4n) is 2.95. The summed E-state index contributed by atoms with van der Waals surface area (Å²) >= 11 is 0. The van der Waals surface area contributed by atoms with Gasteiger partial charge in [-0.1, -0.05) is 6.92 Å². The normalized spacial score (nSPS) is 14.4. The summed E-state index contributed by atoms with van der Waals surface area (Å²) in [5.41, 5.74) is 1.57. The van der Waals surface area contributed by atoms with Crippen LogP contribution in [0.2, 0.25) is 0 Å². The number of nitrogens with one attached hydrogen (secondary N) is 1. The van der Waals surface area contributed by atoms with E-state index in [1.807, 2.05) is 6.92 Å². The summed E-state index contributed by atoms with van der Waals surface area (Å²) in [6, 6.07) is 2.87. The van der Waals surface area contributed by atoms with Gasteiger partial charge >= 0.3 is 0 Å². The lowest BCUT2D eigenvalue weighted by Crippen LogP contribution is -2.28. The highest BCUT2D eigenvalue weighted by atomic mass is 19.3. The van der Waals surface area contributed by atoms with Crippen molar-refractivity contribution in [1.29, 1.82) is 0 Å². The minimum absolute atomic E-state index is 0.105. The molecule has 1 fully saturated rings. The van der Waals surface area contributed by atoms with E-state index < -0.39 is 25.0 Å². The number of Topliss-reactive ketones (excluding diaryl/α,β-unsaturated/α-hetero) is 1. The Bertz CT molecular complexity index is 919. The molecule has 0 saturated heterocycles. The minimum atomic E-state index is -2.58. The lowest BCUT2D eigenvalue weighted by atomic mass is 10.1. The van der Waals surface area contributed by atoms with Crippen LogP contribution in [-0.4, -0.2) is 39.7 Å². The van der Waals surface area contributed by atoms with Crippen LogP contribution in [0.3, 0.4) is 0 Å². The quantitative estimate of drug-likeness (QED) is 0.637. The SMILES string of the molecule is CCc1cc(C(C)NC(=O)c2ccnc(CC(=O)C3CC3)n2)cnc1OCC(F)F. The molecule has 1 aliphatic carbocycles. The van der Waals surface area contributed by atoms with Crippen molar-refractivity contribution in [2.75, 3.05) is 6.61 Å². The summed E-state index contributed by atoms with van der Waals surface area (Å²) < 4.78 is 29.8. The molecule has 2 aromatic rings. The monoisotopic (exact) mass is 418 g/mol. The maximum atomic E-state index is 12.6. The number of halogens is 2. The third-order valence-corrected chi connectivity index (χ3v) is 4.82. The van der Waals surface area contributed by atoms with Gasteiger partial charge in [-0.15, -0.1) is 0 Å². The fraction of sp³-hybridized carbons (Fsp3) is 0.476. The van der Waals surface area contributed by atoms with Gasteiger partial charge in [0.2, 0.25) is 5.88 Å². The molecule has 1 unspecified atom stereocenters. The van der Waals surface area contributed by atoms with Crippen molar-refractivity contribution in [3.05, 3.63) is 47.2 Å². The molecule has 1 aliphatic rings. The molecule has 0 aliphatic heterocycles. The molecule has 9 heteroatoms. The van der Waals surface area contributed by atoms with E-state index in [-0.39, 0.29) is 29.7 Å². The highest BCUT2D eigenvalue weighted by Crippen LogP contribution is 2.30. The number of amides is 1. The smallest absolute Gasteiger partial charge is 0.272 e. The number of ether oxygens (including phenoxy) is 1. The second-order valence-corrected chi connectivity index (χ2v) is 7.26. The van der Waals surface area contributed by atoms with Crippen molar-refractivity contribution in [3.8, 4) is 5.88 Å². The van der Waals surface area contributed by atoms with E-state index in [0.29, 0.717) is 23.4 Å². The Balaban J connectivity index is 1.65. The molecule has 0 bridgehead atoms. The third-order valence-electron chi connectivity index (χ3n) is 4.82. The first-order valence-corrected chi connectivity index (χ1v) is 9.92. The summed E-state index contributed by atoms with van der Waals surface area (Å²) in [7, 11) is 0. The van der Waals surface area contributed by atoms with Crippen LogP contribution in [0, 0.1) is 5.92 Å². The topological polar surface area (TPSA) is 94.1 Å². The van der Waals surface area contributed by atoms with Crippen LogP contribution in [0.25, 0.3) is 0 Å². The largest absolute Gasteiger partial charge is 0.471 e. The van der Waals surface area contributed by atoms with Gasteiger partial charge in [0.1, 0.15) is 17.3 Å². The van der Waals surface area contributed by atoms with Crippen molar-refractivity contribution in [1.82, 2.24) is 20.3 Å². The molecule has 7 nitrogen and oxygen atoms in total. The van der Waals surface area contributed by atoms with Crippen LogP contribution in [-0.2, 0) is 17.6 Å². The zero-order chi connectivity index (χ0) is 21.7. The number of carbonyl (C=O) groups excluding carboxylic acids is 2. The number of aromatic nitrogens is 3. The number of alkyl halides is 2. The molecule has 3 rings (SSSR count). The summed E-state index contributed by atoms with van der Waals surface area (Å²) in [6.07, 6.45) is 2.88. The highest BCUT2D eigenvalue weighted by molar-refractivity contribution is 5.92. The number of hydrogen-bond donors (Lipinski definition) is 1. The number of ketones is 1. The van der Waals surface area contributed by atoms with Crippen molar-refractivity contribution >= 4 is 11.7 Å². The lowest BCUT2D eigenvalue weighted by molar-refractivity contribution is -0.119. The Kier molecular flexibility index (Phi) is 7.02. The number of nitrogens with zero attached hydrogens (tertiary/aromatic N) is 3. The van der Waals surface area contributed by atoms with Crippen LogP contribution in [0.4, 0.5) is 8.78 Å². The average molecular weight is 418 g/mol. The van der Waals surface area contributed by atoms with Crippen LogP contribution >= 0.6 is 0 Å². The number of carbonyl (C=O) groups is 2. The predicted octanol–water partition coefficient (Wildman–Crippen LogP) is 3.09. The Hall–Kier alpha value is -2.97. The minimum Gasteiger partial charge on any atom is -0.471 e. The first-order chi connectivity index (χ1) is 14.4. The fourth-order valence-corrected chi connectivity index (χ4v) is 2.95. The third kappa shape index (κ3) is 5.77. The van der Waals surface area contributed by atoms with Gasteiger partial charge < -0.3 is 10.1 Å². The van der Waals surface area contributed by atoms with Gasteiger partial charge in [0.05, 0.1) is 12.5 Å². The van der Waals surface area contributed by atoms with Crippen molar-refractivity contribution in [2.24, 2.45) is 5.92 Å². The second-order valence-electron chi connectivity index (χ2n) is 7.26. The Morgan fingerprint density at radius 2 is 2.07 bits per heavy atom. The molecule has 0 aromatic carbocycles. The van der Waals surface area contributed by atoms with Gasteiger partial charge in [-0.2, -0.15) is 0 Å². The molecular formula is C21H24F2N4O3. The second kappa shape index (κ2) is 9.69. The van der Waals surface area contributed by atoms with Gasteiger partial charge in [-0.25, -0.2) is 23.7 Å². The molecule has 2 aromatic heterocycles. The van der Waals surface area contributed by atoms with Crippen molar-refractivity contribution in [3.63, 3.8) is 0 Å². The van der Waals surface area contributed by atoms with Crippen molar-refractivity contribution in [2.45, 2.75) is 52.0 Å². The first kappa shape index (κ1) is 21.7. The lowest BCUT2D eigenvalue weighted by Gasteiger charge is -2.16. The van der Waals surface area contributed by atoms with E-state index >= 15 is 0 Å². The average Bonchev–Trinajstić information content (AvgIpc) is 3.57. The molecule has 2 heterocycles. The number of pyridine rings is 1. The summed E-state index contributed by atoms with van der Waals surface area (Å²) in [4.78, 5) is 37.0. The van der Waals surface area contributed by atoms with E-state index in [2.05, 4.69) is 20.3 Å². The van der Waals surface area contributed by atoms with Crippen LogP contribution < -0.4 is 10.1 Å². The van der Waals surface area contributed by atoms with Gasteiger partial charge in [0, 0.05) is 23.9 Å². The maximum Gasteiger partial charge on any atom is 0.272 e. The molecule has 30 heavy (non-hydrogen) atoms. The zero-order valence-corrected chi connectivity index (χ0v) is 16.9. The Morgan fingerprint density at radius 1 is 1.30 bits per heavy atom. The summed E-state index contributed by atoms with van der Waals surface area (Å²) in [5, 5.41) is 2.83. The van der Waals surface area contributed by atoms with E-state index in [1.165, 1.54) is 18.5 Å². The Labute approximate surface area is 173 Å². The number of rotatable bonds is 10. The van der Waals surface area contributed by atoms with E-state index in [0.717, 1.165) is 12.8 Å². The van der Waals surface area contributed by atoms with Gasteiger partial charge in [0.25, 0.3) is 12.3 Å². The number of aryl methyl sites for hydroxylation is 1. The maximum absolute atomic E-state index is 12.6. The van der Waals surface area contributed by atoms with Gasteiger partial charge in [-0.05, 0) is 43.9 Å². The van der Waals surface area contributed by atoms with E-state index in [4.69, 9.17) is 4.74 Å². The van der Waals surface area contributed by atoms with Gasteiger partial charge in [0.15, 0.2) is 6.61 Å². The van der Waals surface area contributed by atoms with Crippen LogP contribution in [0.1, 0.15) is 60.2 Å². The zero-order valence-electron chi connectivity index (χ0n) is 16.9. The first-order valence-electron chi connectivity index (χ1n) is 9.92. The summed E-state index contributed by atoms with van der Waals surface area (Å²) in [5.74, 6) is 0.317. The van der Waals surface area contributed by atoms with E-state index in [9.17, 15) is 18.4 Å². The van der Waals surface area contributed by atoms with Crippen molar-refractivity contribution < 1.29 is 23.1 Å². The molecule has 1 N–H and O–H groups in total. The van der Waals surface area contributed by atoms with Crippen LogP contribution in [0.15, 0.2) is 24.5 Å². The molecule has 1 amide bonds. The highest BCUT2D eigenvalue weighted by Gasteiger charge is 2.30. The Morgan fingerprint density at radius 3 is 2.73 bits per heavy atom. The van der Waals surface area contributed by atoms with Crippen LogP contribution in [0.5, 0.6) is 5.88 Å². The molecule has 160 valence electrons. The van der Waals surface area contributed by atoms with Gasteiger partial charge in [-0.3, -0.25) is 9.59 Å².